The summed E-state index contributed by atoms with van der Waals surface area (Å²) >= 11 is 0. The molecule has 3 rings (SSSR count). The number of halogens is 6. The van der Waals surface area contributed by atoms with E-state index in [2.05, 4.69) is 10.3 Å². The van der Waals surface area contributed by atoms with Gasteiger partial charge >= 0.3 is 35.0 Å². The largest absolute Gasteiger partial charge is 2.00 e. The van der Waals surface area contributed by atoms with Gasteiger partial charge in [-0.15, -0.1) is 5.10 Å². The van der Waals surface area contributed by atoms with Crippen LogP contribution in [0.3, 0.4) is 0 Å². The van der Waals surface area contributed by atoms with E-state index in [-0.39, 0.29) is 23.6 Å². The average Bonchev–Trinajstić information content (AvgIpc) is 3.29. The number of aliphatic hydroxyl groups is 1. The van der Waals surface area contributed by atoms with E-state index < -0.39 is 23.6 Å². The van der Waals surface area contributed by atoms with Gasteiger partial charge in [0.25, 0.3) is 0 Å². The number of hydrogen-bond donors (Lipinski definition) is 1. The minimum atomic E-state index is -5.97. The summed E-state index contributed by atoms with van der Waals surface area (Å²) in [5.41, 5.74) is -6.67. The van der Waals surface area contributed by atoms with E-state index in [0.717, 1.165) is 4.68 Å². The van der Waals surface area contributed by atoms with Crippen molar-refractivity contribution in [2.75, 3.05) is 0 Å². The number of rotatable bonds is 3. The second-order valence-corrected chi connectivity index (χ2v) is 5.26. The van der Waals surface area contributed by atoms with Crippen LogP contribution >= 0.6 is 0 Å². The molecular formula is C16H13F6FeN3O+2. The average molecular weight is 433 g/mol. The van der Waals surface area contributed by atoms with Crippen LogP contribution < -0.4 is 0 Å². The second-order valence-electron chi connectivity index (χ2n) is 5.26. The zero-order valence-electron chi connectivity index (χ0n) is 13.4. The van der Waals surface area contributed by atoms with Crippen LogP contribution in [0.2, 0.25) is 0 Å². The molecule has 0 bridgehead atoms. The fraction of sp³-hybridized carbons (Fsp3) is 0.250. The van der Waals surface area contributed by atoms with Crippen LogP contribution in [0, 0.1) is 63.7 Å². The van der Waals surface area contributed by atoms with Gasteiger partial charge in [0.2, 0.25) is 0 Å². The van der Waals surface area contributed by atoms with Crippen LogP contribution in [-0.4, -0.2) is 32.5 Å². The minimum Gasteiger partial charge on any atom is -0.368 e. The van der Waals surface area contributed by atoms with Crippen LogP contribution in [0.25, 0.3) is 0 Å². The molecule has 11 heteroatoms. The summed E-state index contributed by atoms with van der Waals surface area (Å²) in [6.07, 6.45) is 5.01. The van der Waals surface area contributed by atoms with Crippen molar-refractivity contribution in [3.8, 4) is 0 Å². The van der Waals surface area contributed by atoms with Crippen molar-refractivity contribution in [1.82, 2.24) is 15.0 Å². The van der Waals surface area contributed by atoms with E-state index in [1.54, 1.807) is 25.7 Å². The van der Waals surface area contributed by atoms with Crippen molar-refractivity contribution in [1.29, 1.82) is 0 Å². The summed E-state index contributed by atoms with van der Waals surface area (Å²) in [6, 6.07) is 0. The van der Waals surface area contributed by atoms with E-state index in [1.807, 2.05) is 32.1 Å². The van der Waals surface area contributed by atoms with Crippen LogP contribution in [0.15, 0.2) is 6.20 Å². The molecule has 0 unspecified atom stereocenters. The number of nitrogens with zero attached hydrogens (tertiary/aromatic N) is 3. The molecule has 10 radical (unpaired) electrons. The summed E-state index contributed by atoms with van der Waals surface area (Å²) in [7, 11) is 0. The molecule has 2 saturated carbocycles. The Morgan fingerprint density at radius 2 is 1.26 bits per heavy atom. The molecule has 2 fully saturated rings. The van der Waals surface area contributed by atoms with Gasteiger partial charge < -0.3 is 5.11 Å². The molecule has 0 aromatic carbocycles. The van der Waals surface area contributed by atoms with Gasteiger partial charge in [-0.2, -0.15) is 26.3 Å². The maximum Gasteiger partial charge on any atom is 2.00 e. The summed E-state index contributed by atoms with van der Waals surface area (Å²) in [6.45, 7) is -0.0637. The molecule has 146 valence electrons. The van der Waals surface area contributed by atoms with E-state index >= 15 is 0 Å². The van der Waals surface area contributed by atoms with Crippen molar-refractivity contribution in [2.24, 2.45) is 0 Å². The molecule has 27 heavy (non-hydrogen) atoms. The van der Waals surface area contributed by atoms with E-state index in [1.165, 1.54) is 0 Å². The van der Waals surface area contributed by atoms with Gasteiger partial charge in [0.1, 0.15) is 5.69 Å². The number of alkyl halides is 6. The Morgan fingerprint density at radius 3 is 1.67 bits per heavy atom. The first-order valence-electron chi connectivity index (χ1n) is 7.19. The Bertz CT molecular complexity index is 544. The Morgan fingerprint density at radius 1 is 0.815 bits per heavy atom. The number of hydrogen-bond acceptors (Lipinski definition) is 3. The van der Waals surface area contributed by atoms with Crippen molar-refractivity contribution >= 4 is 0 Å². The Hall–Kier alpha value is -0.801. The third-order valence-electron chi connectivity index (χ3n) is 3.36. The second kappa shape index (κ2) is 9.60. The van der Waals surface area contributed by atoms with Crippen LogP contribution in [0.1, 0.15) is 5.69 Å². The molecule has 2 aliphatic rings. The Kier molecular flexibility index (Phi) is 8.62. The van der Waals surface area contributed by atoms with Gasteiger partial charge in [-0.1, -0.05) is 5.21 Å². The summed E-state index contributed by atoms with van der Waals surface area (Å²) in [5.74, 6) is 0.619. The molecule has 1 aromatic heterocycles. The SMILES string of the molecule is OC(c1cn(C[C]2[CH][CH][CH][CH]2)nn1)(C(F)(F)F)C(F)(F)F.[CH]1[CH][CH][CH][CH]1.[Fe+2]. The summed E-state index contributed by atoms with van der Waals surface area (Å²) < 4.78 is 76.5. The first-order chi connectivity index (χ1) is 12.1. The van der Waals surface area contributed by atoms with E-state index in [4.69, 9.17) is 5.11 Å². The molecule has 4 nitrogen and oxygen atoms in total. The smallest absolute Gasteiger partial charge is 0.368 e. The molecule has 0 amide bonds. The summed E-state index contributed by atoms with van der Waals surface area (Å²) in [5, 5.41) is 15.1. The first kappa shape index (κ1) is 24.2. The Labute approximate surface area is 164 Å². The van der Waals surface area contributed by atoms with Crippen LogP contribution in [-0.2, 0) is 29.2 Å². The third kappa shape index (κ3) is 5.84. The molecular weight excluding hydrogens is 420 g/mol. The topological polar surface area (TPSA) is 50.9 Å². The number of aromatic nitrogens is 3. The Balaban J connectivity index is 0.000000526. The first-order valence-corrected chi connectivity index (χ1v) is 7.19. The van der Waals surface area contributed by atoms with Crippen molar-refractivity contribution in [3.05, 3.63) is 75.6 Å². The van der Waals surface area contributed by atoms with Crippen LogP contribution in [0.5, 0.6) is 0 Å². The molecule has 1 heterocycles. The van der Waals surface area contributed by atoms with Gasteiger partial charge in [0.05, 0.1) is 6.20 Å². The van der Waals surface area contributed by atoms with Gasteiger partial charge in [0.15, 0.2) is 0 Å². The third-order valence-corrected chi connectivity index (χ3v) is 3.36. The molecule has 0 saturated heterocycles. The standard InChI is InChI=1S/C11H8F6N3O.C5H5.Fe/c12-10(13,14)9(21,11(15,16)17)8-6-20(19-18-8)5-7-3-1-2-4-7;1-2-4-5-3-1;/h1-4,6,21H,5H2;1-5H;/q;;+2. The van der Waals surface area contributed by atoms with Gasteiger partial charge in [-0.05, 0) is 57.8 Å². The fourth-order valence-electron chi connectivity index (χ4n) is 2.02. The summed E-state index contributed by atoms with van der Waals surface area (Å²) in [4.78, 5) is 0. The monoisotopic (exact) mass is 433 g/mol. The maximum atomic E-state index is 12.6. The van der Waals surface area contributed by atoms with Gasteiger partial charge in [0, 0.05) is 12.5 Å². The molecule has 2 aliphatic carbocycles. The van der Waals surface area contributed by atoms with Gasteiger partial charge in [-0.3, -0.25) is 4.68 Å². The normalized spacial score (nSPS) is 18.8. The fourth-order valence-corrected chi connectivity index (χ4v) is 2.02. The molecule has 1 aromatic rings. The minimum absolute atomic E-state index is 0. The molecule has 0 aliphatic heterocycles. The van der Waals surface area contributed by atoms with Crippen molar-refractivity contribution in [2.45, 2.75) is 24.5 Å². The molecule has 0 spiro atoms. The zero-order chi connectivity index (χ0) is 19.4. The molecule has 0 atom stereocenters. The zero-order valence-corrected chi connectivity index (χ0v) is 14.5. The van der Waals surface area contributed by atoms with Crippen molar-refractivity contribution < 1.29 is 48.5 Å². The predicted molar refractivity (Wildman–Crippen MR) is 78.0 cm³/mol. The predicted octanol–water partition coefficient (Wildman–Crippen LogP) is 3.01. The van der Waals surface area contributed by atoms with Gasteiger partial charge in [-0.25, -0.2) is 0 Å². The van der Waals surface area contributed by atoms with E-state index in [0.29, 0.717) is 12.1 Å². The quantitative estimate of drug-likeness (QED) is 0.590. The van der Waals surface area contributed by atoms with E-state index in [9.17, 15) is 26.3 Å². The molecule has 1 N–H and O–H groups in total. The maximum absolute atomic E-state index is 12.6. The van der Waals surface area contributed by atoms with Crippen molar-refractivity contribution in [3.63, 3.8) is 0 Å². The van der Waals surface area contributed by atoms with Crippen LogP contribution in [0.4, 0.5) is 26.3 Å².